The third kappa shape index (κ3) is 3.57. The van der Waals surface area contributed by atoms with Crippen molar-refractivity contribution in [3.8, 4) is 11.5 Å². The molecule has 0 aliphatic carbocycles. The molecule has 2 aliphatic rings. The predicted octanol–water partition coefficient (Wildman–Crippen LogP) is 2.00. The van der Waals surface area contributed by atoms with E-state index in [4.69, 9.17) is 15.2 Å². The zero-order chi connectivity index (χ0) is 17.9. The summed E-state index contributed by atoms with van der Waals surface area (Å²) in [4.78, 5) is 18.7. The minimum absolute atomic E-state index is 0.0671. The van der Waals surface area contributed by atoms with Gasteiger partial charge in [-0.1, -0.05) is 17.8 Å². The van der Waals surface area contributed by atoms with E-state index in [-0.39, 0.29) is 17.9 Å². The molecular weight excluding hydrogens is 354 g/mol. The molecule has 0 bridgehead atoms. The highest BCUT2D eigenvalue weighted by Gasteiger charge is 2.30. The number of amides is 1. The van der Waals surface area contributed by atoms with Gasteiger partial charge >= 0.3 is 0 Å². The van der Waals surface area contributed by atoms with Crippen molar-refractivity contribution < 1.29 is 14.3 Å². The molecule has 0 unspecified atom stereocenters. The van der Waals surface area contributed by atoms with Gasteiger partial charge in [-0.3, -0.25) is 4.79 Å². The fourth-order valence-corrected chi connectivity index (χ4v) is 4.02. The quantitative estimate of drug-likeness (QED) is 0.787. The maximum absolute atomic E-state index is 12.7. The van der Waals surface area contributed by atoms with E-state index >= 15 is 0 Å². The van der Waals surface area contributed by atoms with Gasteiger partial charge in [-0.05, 0) is 30.5 Å². The number of likely N-dealkylation sites (tertiary alicyclic amines) is 1. The molecule has 1 aromatic heterocycles. The highest BCUT2D eigenvalue weighted by molar-refractivity contribution is 7.99. The molecule has 3 N–H and O–H groups in total. The second-order valence-corrected chi connectivity index (χ2v) is 7.24. The summed E-state index contributed by atoms with van der Waals surface area (Å²) in [7, 11) is 0. The SMILES string of the molecule is Nc1nc(SCC(=O)N2CCC[C@H]2c2ccc3c(c2)OCCCO3)n[nH]1. The van der Waals surface area contributed by atoms with Gasteiger partial charge in [0.15, 0.2) is 11.5 Å². The molecule has 8 nitrogen and oxygen atoms in total. The first-order chi connectivity index (χ1) is 12.7. The Labute approximate surface area is 155 Å². The van der Waals surface area contributed by atoms with Gasteiger partial charge in [0.05, 0.1) is 25.0 Å². The van der Waals surface area contributed by atoms with Crippen molar-refractivity contribution in [1.29, 1.82) is 0 Å². The lowest BCUT2D eigenvalue weighted by molar-refractivity contribution is -0.129. The molecule has 138 valence electrons. The second kappa shape index (κ2) is 7.45. The number of nitrogens with one attached hydrogen (secondary N) is 1. The number of thioether (sulfide) groups is 1. The van der Waals surface area contributed by atoms with Crippen molar-refractivity contribution in [3.63, 3.8) is 0 Å². The molecule has 0 saturated carbocycles. The molecule has 3 heterocycles. The molecule has 1 saturated heterocycles. The lowest BCUT2D eigenvalue weighted by Gasteiger charge is -2.25. The summed E-state index contributed by atoms with van der Waals surface area (Å²) in [5.41, 5.74) is 6.60. The van der Waals surface area contributed by atoms with Gasteiger partial charge in [0.1, 0.15) is 0 Å². The molecule has 26 heavy (non-hydrogen) atoms. The average Bonchev–Trinajstić information content (AvgIpc) is 3.23. The van der Waals surface area contributed by atoms with E-state index in [1.807, 2.05) is 23.1 Å². The van der Waals surface area contributed by atoms with Gasteiger partial charge < -0.3 is 20.1 Å². The summed E-state index contributed by atoms with van der Waals surface area (Å²) >= 11 is 1.29. The summed E-state index contributed by atoms with van der Waals surface area (Å²) in [6, 6.07) is 6.06. The fourth-order valence-electron chi connectivity index (χ4n) is 3.33. The van der Waals surface area contributed by atoms with Crippen LogP contribution in [0.15, 0.2) is 23.4 Å². The molecule has 2 aromatic rings. The van der Waals surface area contributed by atoms with Gasteiger partial charge in [-0.25, -0.2) is 5.10 Å². The molecule has 1 atom stereocenters. The Morgan fingerprint density at radius 1 is 1.31 bits per heavy atom. The van der Waals surface area contributed by atoms with Gasteiger partial charge in [0.25, 0.3) is 0 Å². The van der Waals surface area contributed by atoms with Crippen LogP contribution in [0.25, 0.3) is 0 Å². The Hall–Kier alpha value is -2.42. The molecule has 9 heteroatoms. The maximum Gasteiger partial charge on any atom is 0.233 e. The van der Waals surface area contributed by atoms with Gasteiger partial charge in [0.2, 0.25) is 17.0 Å². The first-order valence-electron chi connectivity index (χ1n) is 8.70. The van der Waals surface area contributed by atoms with Crippen LogP contribution >= 0.6 is 11.8 Å². The van der Waals surface area contributed by atoms with Gasteiger partial charge in [-0.15, -0.1) is 5.10 Å². The number of nitrogens with two attached hydrogens (primary N) is 1. The highest BCUT2D eigenvalue weighted by atomic mass is 32.2. The van der Waals surface area contributed by atoms with Crippen LogP contribution in [0.2, 0.25) is 0 Å². The molecular formula is C17H21N5O3S. The topological polar surface area (TPSA) is 106 Å². The lowest BCUT2D eigenvalue weighted by atomic mass is 10.0. The molecule has 0 spiro atoms. The van der Waals surface area contributed by atoms with Crippen LogP contribution in [0.1, 0.15) is 30.9 Å². The Morgan fingerprint density at radius 3 is 2.96 bits per heavy atom. The molecule has 0 radical (unpaired) electrons. The first-order valence-corrected chi connectivity index (χ1v) is 9.69. The number of carbonyl (C=O) groups is 1. The highest BCUT2D eigenvalue weighted by Crippen LogP contribution is 2.38. The third-order valence-corrected chi connectivity index (χ3v) is 5.37. The van der Waals surface area contributed by atoms with E-state index in [0.717, 1.165) is 42.9 Å². The van der Waals surface area contributed by atoms with Gasteiger partial charge in [-0.2, -0.15) is 4.98 Å². The largest absolute Gasteiger partial charge is 0.490 e. The number of nitrogens with zero attached hydrogens (tertiary/aromatic N) is 3. The van der Waals surface area contributed by atoms with Crippen molar-refractivity contribution in [2.24, 2.45) is 0 Å². The summed E-state index contributed by atoms with van der Waals surface area (Å²) in [6.07, 6.45) is 2.81. The lowest BCUT2D eigenvalue weighted by Crippen LogP contribution is -2.32. The van der Waals surface area contributed by atoms with Crippen LogP contribution in [0.4, 0.5) is 5.95 Å². The van der Waals surface area contributed by atoms with Crippen molar-refractivity contribution in [1.82, 2.24) is 20.1 Å². The Morgan fingerprint density at radius 2 is 2.15 bits per heavy atom. The number of ether oxygens (including phenoxy) is 2. The number of aromatic amines is 1. The first kappa shape index (κ1) is 17.0. The van der Waals surface area contributed by atoms with Gasteiger partial charge in [0, 0.05) is 13.0 Å². The van der Waals surface area contributed by atoms with Crippen molar-refractivity contribution in [2.45, 2.75) is 30.5 Å². The average molecular weight is 375 g/mol. The molecule has 1 fully saturated rings. The Bertz CT molecular complexity index is 796. The number of rotatable bonds is 4. The number of nitrogen functional groups attached to an aromatic ring is 1. The standard InChI is InChI=1S/C17H21N5O3S/c18-16-19-17(21-20-16)26-10-15(23)22-6-1-3-12(22)11-4-5-13-14(9-11)25-8-2-7-24-13/h4-5,9,12H,1-3,6-8,10H2,(H3,18,19,20,21)/t12-/m0/s1. The number of H-pyrrole nitrogens is 1. The van der Waals surface area contributed by atoms with Crippen molar-refractivity contribution >= 4 is 23.6 Å². The number of fused-ring (bicyclic) bond motifs is 1. The van der Waals surface area contributed by atoms with Crippen LogP contribution in [0.5, 0.6) is 11.5 Å². The number of hydrogen-bond donors (Lipinski definition) is 2. The predicted molar refractivity (Wildman–Crippen MR) is 97.3 cm³/mol. The normalized spacial score (nSPS) is 19.4. The van der Waals surface area contributed by atoms with Crippen LogP contribution in [0.3, 0.4) is 0 Å². The summed E-state index contributed by atoms with van der Waals surface area (Å²) in [6.45, 7) is 2.08. The maximum atomic E-state index is 12.7. The van der Waals surface area contributed by atoms with E-state index < -0.39 is 0 Å². The van der Waals surface area contributed by atoms with Crippen LogP contribution < -0.4 is 15.2 Å². The van der Waals surface area contributed by atoms with E-state index in [0.29, 0.717) is 24.1 Å². The minimum Gasteiger partial charge on any atom is -0.490 e. The summed E-state index contributed by atoms with van der Waals surface area (Å²) in [5.74, 6) is 2.17. The van der Waals surface area contributed by atoms with E-state index in [1.165, 1.54) is 11.8 Å². The minimum atomic E-state index is 0.0671. The van der Waals surface area contributed by atoms with Crippen molar-refractivity contribution in [3.05, 3.63) is 23.8 Å². The smallest absolute Gasteiger partial charge is 0.233 e. The number of benzene rings is 1. The number of hydrogen-bond acceptors (Lipinski definition) is 7. The monoisotopic (exact) mass is 375 g/mol. The summed E-state index contributed by atoms with van der Waals surface area (Å²) in [5, 5.41) is 7.01. The zero-order valence-corrected chi connectivity index (χ0v) is 15.1. The molecule has 1 aromatic carbocycles. The number of aromatic nitrogens is 3. The van der Waals surface area contributed by atoms with E-state index in [9.17, 15) is 4.79 Å². The number of carbonyl (C=O) groups excluding carboxylic acids is 1. The summed E-state index contributed by atoms with van der Waals surface area (Å²) < 4.78 is 11.5. The fraction of sp³-hybridized carbons (Fsp3) is 0.471. The Balaban J connectivity index is 1.45. The van der Waals surface area contributed by atoms with Crippen LogP contribution in [-0.4, -0.2) is 51.5 Å². The van der Waals surface area contributed by atoms with Crippen LogP contribution in [0, 0.1) is 0 Å². The molecule has 4 rings (SSSR count). The van der Waals surface area contributed by atoms with Crippen LogP contribution in [-0.2, 0) is 4.79 Å². The Kier molecular flexibility index (Phi) is 4.87. The molecule has 2 aliphatic heterocycles. The van der Waals surface area contributed by atoms with E-state index in [1.54, 1.807) is 0 Å². The second-order valence-electron chi connectivity index (χ2n) is 6.29. The zero-order valence-electron chi connectivity index (χ0n) is 14.3. The number of anilines is 1. The third-order valence-electron chi connectivity index (χ3n) is 4.54. The molecule has 1 amide bonds. The van der Waals surface area contributed by atoms with E-state index in [2.05, 4.69) is 15.2 Å². The van der Waals surface area contributed by atoms with Crippen molar-refractivity contribution in [2.75, 3.05) is 31.2 Å².